The molecule has 2 aromatic heterocycles. The van der Waals surface area contributed by atoms with Crippen LogP contribution in [0.5, 0.6) is 0 Å². The zero-order valence-electron chi connectivity index (χ0n) is 17.2. The van der Waals surface area contributed by atoms with Crippen LogP contribution in [0.2, 0.25) is 0 Å². The number of rotatable bonds is 4. The van der Waals surface area contributed by atoms with E-state index in [2.05, 4.69) is 20.6 Å². The number of hydrogen-bond acceptors (Lipinski definition) is 5. The smallest absolute Gasteiger partial charge is 0.354 e. The van der Waals surface area contributed by atoms with E-state index in [-0.39, 0.29) is 17.7 Å². The molecule has 1 amide bonds. The highest BCUT2D eigenvalue weighted by molar-refractivity contribution is 5.93. The van der Waals surface area contributed by atoms with E-state index in [1.165, 1.54) is 12.1 Å². The minimum atomic E-state index is -4.40. The van der Waals surface area contributed by atoms with Crippen molar-refractivity contribution < 1.29 is 18.0 Å². The fraction of sp³-hybridized carbons (Fsp3) is 0.429. The molecule has 0 radical (unpaired) electrons. The summed E-state index contributed by atoms with van der Waals surface area (Å²) in [5, 5.41) is 15.7. The number of anilines is 2. The lowest BCUT2D eigenvalue weighted by atomic mass is 9.97. The van der Waals surface area contributed by atoms with Crippen molar-refractivity contribution in [3.8, 4) is 0 Å². The summed E-state index contributed by atoms with van der Waals surface area (Å²) in [5.41, 5.74) is 0.271. The van der Waals surface area contributed by atoms with Crippen LogP contribution in [0.1, 0.15) is 44.0 Å². The standard InChI is InChI=1S/C21H23F3N6O/c1-13(2)19-27-26-17-9-10-18(28-30(17)19)29-11-3-4-14(12-29)20(31)25-16-7-5-15(6-8-16)21(22,23)24/h5-10,13-14H,3-4,11-12H2,1-2H3,(H,25,31). The molecule has 0 aliphatic carbocycles. The number of fused-ring (bicyclic) bond motifs is 1. The molecule has 3 heterocycles. The SMILES string of the molecule is CC(C)c1nnc2ccc(N3CCCC(C(=O)Nc4ccc(C(F)(F)F)cc4)C3)nn12. The Balaban J connectivity index is 1.46. The number of benzene rings is 1. The number of aromatic nitrogens is 4. The zero-order chi connectivity index (χ0) is 22.2. The summed E-state index contributed by atoms with van der Waals surface area (Å²) in [6.07, 6.45) is -2.89. The molecule has 1 aliphatic heterocycles. The third-order valence-corrected chi connectivity index (χ3v) is 5.39. The van der Waals surface area contributed by atoms with Crippen LogP contribution in [0, 0.1) is 5.92 Å². The van der Waals surface area contributed by atoms with E-state index < -0.39 is 11.7 Å². The number of carbonyl (C=O) groups excluding carboxylic acids is 1. The predicted molar refractivity (Wildman–Crippen MR) is 110 cm³/mol. The van der Waals surface area contributed by atoms with Gasteiger partial charge in [0, 0.05) is 24.7 Å². The lowest BCUT2D eigenvalue weighted by molar-refractivity contribution is -0.137. The molecule has 7 nitrogen and oxygen atoms in total. The molecule has 1 aromatic carbocycles. The van der Waals surface area contributed by atoms with Crippen LogP contribution in [0.15, 0.2) is 36.4 Å². The van der Waals surface area contributed by atoms with E-state index >= 15 is 0 Å². The number of nitrogens with zero attached hydrogens (tertiary/aromatic N) is 5. The van der Waals surface area contributed by atoms with Gasteiger partial charge in [-0.3, -0.25) is 4.79 Å². The Hall–Kier alpha value is -3.17. The first-order chi connectivity index (χ1) is 14.7. The van der Waals surface area contributed by atoms with Gasteiger partial charge in [-0.25, -0.2) is 0 Å². The van der Waals surface area contributed by atoms with Crippen LogP contribution in [0.4, 0.5) is 24.7 Å². The maximum absolute atomic E-state index is 12.7. The minimum absolute atomic E-state index is 0.168. The van der Waals surface area contributed by atoms with E-state index in [4.69, 9.17) is 0 Å². The normalized spacial score (nSPS) is 17.4. The fourth-order valence-electron chi connectivity index (χ4n) is 3.71. The summed E-state index contributed by atoms with van der Waals surface area (Å²) in [7, 11) is 0. The Morgan fingerprint density at radius 3 is 2.55 bits per heavy atom. The largest absolute Gasteiger partial charge is 0.416 e. The molecule has 4 rings (SSSR count). The molecule has 1 unspecified atom stereocenters. The highest BCUT2D eigenvalue weighted by atomic mass is 19.4. The fourth-order valence-corrected chi connectivity index (χ4v) is 3.71. The molecule has 10 heteroatoms. The summed E-state index contributed by atoms with van der Waals surface area (Å²) in [4.78, 5) is 14.8. The number of alkyl halides is 3. The van der Waals surface area contributed by atoms with Gasteiger partial charge < -0.3 is 10.2 Å². The first kappa shape index (κ1) is 21.1. The predicted octanol–water partition coefficient (Wildman–Crippen LogP) is 4.12. The topological polar surface area (TPSA) is 75.4 Å². The molecule has 0 spiro atoms. The van der Waals surface area contributed by atoms with Crippen molar-refractivity contribution in [2.45, 2.75) is 38.8 Å². The zero-order valence-corrected chi connectivity index (χ0v) is 17.2. The van der Waals surface area contributed by atoms with Crippen LogP contribution in [0.25, 0.3) is 5.65 Å². The molecule has 1 saturated heterocycles. The van der Waals surface area contributed by atoms with Gasteiger partial charge in [-0.05, 0) is 49.2 Å². The van der Waals surface area contributed by atoms with E-state index in [1.807, 2.05) is 30.9 Å². The molecule has 31 heavy (non-hydrogen) atoms. The maximum Gasteiger partial charge on any atom is 0.416 e. The number of hydrogen-bond donors (Lipinski definition) is 1. The van der Waals surface area contributed by atoms with Gasteiger partial charge in [0.05, 0.1) is 11.5 Å². The number of amides is 1. The van der Waals surface area contributed by atoms with Gasteiger partial charge in [0.1, 0.15) is 5.82 Å². The molecular weight excluding hydrogens is 409 g/mol. The van der Waals surface area contributed by atoms with Crippen LogP contribution >= 0.6 is 0 Å². The van der Waals surface area contributed by atoms with Crippen LogP contribution in [-0.4, -0.2) is 38.8 Å². The van der Waals surface area contributed by atoms with Gasteiger partial charge in [0.2, 0.25) is 5.91 Å². The quantitative estimate of drug-likeness (QED) is 0.671. The second-order valence-electron chi connectivity index (χ2n) is 8.02. The maximum atomic E-state index is 12.7. The summed E-state index contributed by atoms with van der Waals surface area (Å²) in [6, 6.07) is 8.20. The van der Waals surface area contributed by atoms with Gasteiger partial charge in [-0.15, -0.1) is 15.3 Å². The Morgan fingerprint density at radius 1 is 1.13 bits per heavy atom. The van der Waals surface area contributed by atoms with Gasteiger partial charge >= 0.3 is 6.18 Å². The molecule has 0 bridgehead atoms. The monoisotopic (exact) mass is 432 g/mol. The summed E-state index contributed by atoms with van der Waals surface area (Å²) >= 11 is 0. The molecule has 164 valence electrons. The van der Waals surface area contributed by atoms with Crippen LogP contribution in [0.3, 0.4) is 0 Å². The number of carbonyl (C=O) groups is 1. The Morgan fingerprint density at radius 2 is 1.87 bits per heavy atom. The summed E-state index contributed by atoms with van der Waals surface area (Å²) < 4.78 is 39.9. The summed E-state index contributed by atoms with van der Waals surface area (Å²) in [5.74, 6) is 1.17. The molecular formula is C21H23F3N6O. The first-order valence-electron chi connectivity index (χ1n) is 10.2. The van der Waals surface area contributed by atoms with Crippen molar-refractivity contribution in [3.63, 3.8) is 0 Å². The highest BCUT2D eigenvalue weighted by Crippen LogP contribution is 2.30. The van der Waals surface area contributed by atoms with Crippen molar-refractivity contribution in [1.82, 2.24) is 19.8 Å². The molecule has 1 N–H and O–H groups in total. The van der Waals surface area contributed by atoms with Crippen molar-refractivity contribution in [2.24, 2.45) is 5.92 Å². The average molecular weight is 432 g/mol. The van der Waals surface area contributed by atoms with Crippen molar-refractivity contribution in [1.29, 1.82) is 0 Å². The minimum Gasteiger partial charge on any atom is -0.354 e. The average Bonchev–Trinajstić information content (AvgIpc) is 3.17. The van der Waals surface area contributed by atoms with Crippen molar-refractivity contribution in [3.05, 3.63) is 47.8 Å². The van der Waals surface area contributed by atoms with E-state index in [9.17, 15) is 18.0 Å². The van der Waals surface area contributed by atoms with Crippen molar-refractivity contribution >= 4 is 23.1 Å². The van der Waals surface area contributed by atoms with E-state index in [1.54, 1.807) is 4.52 Å². The third-order valence-electron chi connectivity index (χ3n) is 5.39. The molecule has 0 saturated carbocycles. The van der Waals surface area contributed by atoms with Crippen LogP contribution in [-0.2, 0) is 11.0 Å². The first-order valence-corrected chi connectivity index (χ1v) is 10.2. The van der Waals surface area contributed by atoms with Gasteiger partial charge in [-0.2, -0.15) is 17.7 Å². The van der Waals surface area contributed by atoms with Gasteiger partial charge in [-0.1, -0.05) is 13.8 Å². The number of nitrogens with one attached hydrogen (secondary N) is 1. The Kier molecular flexibility index (Phi) is 5.55. The van der Waals surface area contributed by atoms with E-state index in [0.717, 1.165) is 36.7 Å². The molecule has 1 fully saturated rings. The molecule has 3 aromatic rings. The van der Waals surface area contributed by atoms with Crippen molar-refractivity contribution in [2.75, 3.05) is 23.3 Å². The van der Waals surface area contributed by atoms with Crippen LogP contribution < -0.4 is 10.2 Å². The lowest BCUT2D eigenvalue weighted by Crippen LogP contribution is -2.41. The lowest BCUT2D eigenvalue weighted by Gasteiger charge is -2.32. The second-order valence-corrected chi connectivity index (χ2v) is 8.02. The summed E-state index contributed by atoms with van der Waals surface area (Å²) in [6.45, 7) is 5.28. The molecule has 1 atom stereocenters. The number of piperidine rings is 1. The van der Waals surface area contributed by atoms with Gasteiger partial charge in [0.25, 0.3) is 0 Å². The van der Waals surface area contributed by atoms with Gasteiger partial charge in [0.15, 0.2) is 11.5 Å². The Labute approximate surface area is 177 Å². The third kappa shape index (κ3) is 4.47. The molecule has 1 aliphatic rings. The highest BCUT2D eigenvalue weighted by Gasteiger charge is 2.30. The number of halogens is 3. The van der Waals surface area contributed by atoms with E-state index in [0.29, 0.717) is 24.3 Å². The second kappa shape index (κ2) is 8.16. The Bertz CT molecular complexity index is 1080.